The largest absolute Gasteiger partial charge is 0.308 e. The molecule has 0 saturated carbocycles. The molecule has 0 aromatic carbocycles. The zero-order chi connectivity index (χ0) is 34.7. The molecule has 0 atom stereocenters. The Hall–Kier alpha value is -0.400. The van der Waals surface area contributed by atoms with Gasteiger partial charge in [0, 0.05) is 118 Å². The van der Waals surface area contributed by atoms with E-state index in [9.17, 15) is 0 Å². The highest BCUT2D eigenvalue weighted by molar-refractivity contribution is 4.72. The second-order valence-electron chi connectivity index (χ2n) is 14.7. The smallest absolute Gasteiger partial charge is 0.0110 e. The molecule has 0 unspecified atom stereocenters. The van der Waals surface area contributed by atoms with Gasteiger partial charge in [0.2, 0.25) is 0 Å². The van der Waals surface area contributed by atoms with Crippen molar-refractivity contribution >= 4 is 0 Å². The lowest BCUT2D eigenvalue weighted by molar-refractivity contribution is 0.141. The third kappa shape index (κ3) is 27.5. The van der Waals surface area contributed by atoms with Crippen molar-refractivity contribution in [2.45, 2.75) is 40.0 Å². The van der Waals surface area contributed by atoms with Gasteiger partial charge in [-0.25, -0.2) is 0 Å². The Kier molecular flexibility index (Phi) is 29.3. The predicted molar refractivity (Wildman–Crippen MR) is 205 cm³/mol. The Morgan fingerprint density at radius 2 is 0.391 bits per heavy atom. The number of nitrogens with zero attached hydrogens (tertiary/aromatic N) is 10. The van der Waals surface area contributed by atoms with Gasteiger partial charge in [0.15, 0.2) is 0 Å². The molecule has 0 aromatic heterocycles. The lowest BCUT2D eigenvalue weighted by Gasteiger charge is -2.33. The maximum absolute atomic E-state index is 2.75. The van der Waals surface area contributed by atoms with Crippen molar-refractivity contribution in [3.05, 3.63) is 0 Å². The van der Waals surface area contributed by atoms with Crippen molar-refractivity contribution in [2.75, 3.05) is 201 Å². The highest BCUT2D eigenvalue weighted by Crippen LogP contribution is 2.01. The van der Waals surface area contributed by atoms with Crippen molar-refractivity contribution in [3.8, 4) is 0 Å². The quantitative estimate of drug-likeness (QED) is 0.105. The van der Waals surface area contributed by atoms with Gasteiger partial charge in [-0.1, -0.05) is 20.8 Å². The van der Waals surface area contributed by atoms with Gasteiger partial charge >= 0.3 is 0 Å². The summed E-state index contributed by atoms with van der Waals surface area (Å²) in [4.78, 5) is 25.3. The van der Waals surface area contributed by atoms with E-state index < -0.39 is 0 Å². The van der Waals surface area contributed by atoms with Gasteiger partial charge in [-0.15, -0.1) is 0 Å². The van der Waals surface area contributed by atoms with Crippen LogP contribution in [-0.2, 0) is 0 Å². The number of hydrogen-bond acceptors (Lipinski definition) is 10. The van der Waals surface area contributed by atoms with Crippen LogP contribution in [0.25, 0.3) is 0 Å². The molecular formula is C36H84N10. The lowest BCUT2D eigenvalue weighted by atomic mass is 10.3. The molecule has 0 amide bonds. The molecule has 46 heavy (non-hydrogen) atoms. The third-order valence-corrected chi connectivity index (χ3v) is 9.00. The van der Waals surface area contributed by atoms with Crippen molar-refractivity contribution in [1.82, 2.24) is 49.0 Å². The maximum Gasteiger partial charge on any atom is 0.0110 e. The van der Waals surface area contributed by atoms with Crippen LogP contribution >= 0.6 is 0 Å². The van der Waals surface area contributed by atoms with Crippen LogP contribution in [0.5, 0.6) is 0 Å². The van der Waals surface area contributed by atoms with Gasteiger partial charge in [0.25, 0.3) is 0 Å². The van der Waals surface area contributed by atoms with E-state index in [0.717, 1.165) is 111 Å². The summed E-state index contributed by atoms with van der Waals surface area (Å²) in [5, 5.41) is 0. The Labute approximate surface area is 289 Å². The monoisotopic (exact) mass is 657 g/mol. The molecule has 0 spiro atoms. The molecule has 0 N–H and O–H groups in total. The van der Waals surface area contributed by atoms with Crippen molar-refractivity contribution in [2.24, 2.45) is 0 Å². The zero-order valence-electron chi connectivity index (χ0n) is 33.4. The fourth-order valence-corrected chi connectivity index (χ4v) is 5.52. The summed E-state index contributed by atoms with van der Waals surface area (Å²) in [5.41, 5.74) is 0. The van der Waals surface area contributed by atoms with Crippen LogP contribution in [0.3, 0.4) is 0 Å². The van der Waals surface area contributed by atoms with Crippen molar-refractivity contribution < 1.29 is 0 Å². The van der Waals surface area contributed by atoms with Gasteiger partial charge in [-0.3, -0.25) is 9.80 Å². The molecule has 0 rings (SSSR count). The Morgan fingerprint density at radius 3 is 0.652 bits per heavy atom. The number of hydrogen-bond donors (Lipinski definition) is 0. The van der Waals surface area contributed by atoms with E-state index in [1.165, 1.54) is 45.4 Å². The van der Waals surface area contributed by atoms with Crippen molar-refractivity contribution in [3.63, 3.8) is 0 Å². The van der Waals surface area contributed by atoms with Crippen LogP contribution in [0.2, 0.25) is 0 Å². The third-order valence-electron chi connectivity index (χ3n) is 9.00. The summed E-state index contributed by atoms with van der Waals surface area (Å²) >= 11 is 0. The van der Waals surface area contributed by atoms with E-state index in [0.29, 0.717) is 0 Å². The zero-order valence-corrected chi connectivity index (χ0v) is 33.4. The van der Waals surface area contributed by atoms with Crippen LogP contribution in [0.15, 0.2) is 0 Å². The molecule has 0 aliphatic heterocycles. The molecule has 0 aliphatic carbocycles. The first-order valence-electron chi connectivity index (χ1n) is 18.8. The Bertz CT molecular complexity index is 644. The fraction of sp³-hybridized carbons (Fsp3) is 1.00. The second kappa shape index (κ2) is 29.5. The molecular weight excluding hydrogens is 572 g/mol. The first-order chi connectivity index (χ1) is 21.9. The molecule has 10 heteroatoms. The average molecular weight is 657 g/mol. The molecule has 0 saturated heterocycles. The standard InChI is InChI=1S/C36H84N10/c1-13-16-43(17-14-2)29-24-42(12)27-31-45(30-25-40(10)22-19-37(4)5)35-36-46(32-26-41(11)23-20-38(6)7)34-33-44(18-15-3)28-21-39(8)9/h13-36H2,1-12H3. The summed E-state index contributed by atoms with van der Waals surface area (Å²) in [6.07, 6.45) is 3.71. The molecule has 0 fully saturated rings. The van der Waals surface area contributed by atoms with E-state index in [-0.39, 0.29) is 0 Å². The molecule has 10 nitrogen and oxygen atoms in total. The lowest BCUT2D eigenvalue weighted by Crippen LogP contribution is -2.46. The minimum absolute atomic E-state index is 1.11. The first-order valence-corrected chi connectivity index (χ1v) is 18.8. The predicted octanol–water partition coefficient (Wildman–Crippen LogP) is 1.90. The molecule has 0 aliphatic rings. The molecule has 0 heterocycles. The van der Waals surface area contributed by atoms with E-state index in [1.54, 1.807) is 0 Å². The average Bonchev–Trinajstić information content (AvgIpc) is 3.00. The topological polar surface area (TPSA) is 32.4 Å². The van der Waals surface area contributed by atoms with Crippen LogP contribution in [0, 0.1) is 0 Å². The highest BCUT2D eigenvalue weighted by Gasteiger charge is 2.15. The van der Waals surface area contributed by atoms with E-state index in [2.05, 4.69) is 133 Å². The molecule has 0 radical (unpaired) electrons. The van der Waals surface area contributed by atoms with Gasteiger partial charge in [0.05, 0.1) is 0 Å². The Balaban J connectivity index is 5.41. The van der Waals surface area contributed by atoms with E-state index in [4.69, 9.17) is 0 Å². The number of rotatable bonds is 33. The maximum atomic E-state index is 2.75. The van der Waals surface area contributed by atoms with Gasteiger partial charge in [-0.05, 0) is 102 Å². The van der Waals surface area contributed by atoms with Crippen LogP contribution in [0.1, 0.15) is 40.0 Å². The van der Waals surface area contributed by atoms with Gasteiger partial charge in [-0.2, -0.15) is 0 Å². The Morgan fingerprint density at radius 1 is 0.217 bits per heavy atom. The highest BCUT2D eigenvalue weighted by atomic mass is 15.3. The second-order valence-corrected chi connectivity index (χ2v) is 14.7. The first kappa shape index (κ1) is 45.6. The van der Waals surface area contributed by atoms with Crippen LogP contribution in [-0.4, -0.2) is 250 Å². The van der Waals surface area contributed by atoms with Gasteiger partial charge < -0.3 is 39.2 Å². The summed E-state index contributed by atoms with van der Waals surface area (Å²) in [7, 11) is 20.0. The minimum Gasteiger partial charge on any atom is -0.308 e. The SMILES string of the molecule is CCCN(CCC)CCN(C)CCN(CCN(C)CCN(C)C)CCN(CCN(C)CCN(C)C)CCN(CCC)CCN(C)C. The normalized spacial score (nSPS) is 12.9. The van der Waals surface area contributed by atoms with E-state index in [1.807, 2.05) is 0 Å². The number of likely N-dealkylation sites (N-methyl/N-ethyl adjacent to an activating group) is 6. The molecule has 278 valence electrons. The van der Waals surface area contributed by atoms with Gasteiger partial charge in [0.1, 0.15) is 0 Å². The minimum atomic E-state index is 1.11. The summed E-state index contributed by atoms with van der Waals surface area (Å²) < 4.78 is 0. The molecule has 0 aromatic rings. The molecule has 0 bridgehead atoms. The summed E-state index contributed by atoms with van der Waals surface area (Å²) in [5.74, 6) is 0. The summed E-state index contributed by atoms with van der Waals surface area (Å²) in [6, 6.07) is 0. The van der Waals surface area contributed by atoms with Crippen LogP contribution in [0.4, 0.5) is 0 Å². The summed E-state index contributed by atoms with van der Waals surface area (Å²) in [6.45, 7) is 31.0. The van der Waals surface area contributed by atoms with E-state index >= 15 is 0 Å². The van der Waals surface area contributed by atoms with Crippen molar-refractivity contribution in [1.29, 1.82) is 0 Å². The van der Waals surface area contributed by atoms with Crippen LogP contribution < -0.4 is 0 Å². The fourth-order valence-electron chi connectivity index (χ4n) is 5.52.